The SMILES string of the molecule is Cn1cc(CC2CCN(c3ncc([N+](=O)[O-])c(N)n3)C2)cn1. The molecular weight excluding hydrogens is 286 g/mol. The predicted molar refractivity (Wildman–Crippen MR) is 80.3 cm³/mol. The van der Waals surface area contributed by atoms with Crippen LogP contribution in [0.4, 0.5) is 17.5 Å². The topological polar surface area (TPSA) is 116 Å². The zero-order valence-corrected chi connectivity index (χ0v) is 12.2. The Kier molecular flexibility index (Phi) is 3.61. The molecule has 0 spiro atoms. The summed E-state index contributed by atoms with van der Waals surface area (Å²) < 4.78 is 1.79. The Balaban J connectivity index is 1.67. The smallest absolute Gasteiger partial charge is 0.329 e. The second-order valence-electron chi connectivity index (χ2n) is 5.52. The zero-order chi connectivity index (χ0) is 15.7. The number of nitrogens with two attached hydrogens (primary N) is 1. The Morgan fingerprint density at radius 2 is 2.32 bits per heavy atom. The lowest BCUT2D eigenvalue weighted by Crippen LogP contribution is -2.23. The van der Waals surface area contributed by atoms with Gasteiger partial charge in [0.05, 0.1) is 11.1 Å². The maximum atomic E-state index is 10.7. The first-order valence-electron chi connectivity index (χ1n) is 7.02. The van der Waals surface area contributed by atoms with Crippen LogP contribution in [-0.2, 0) is 13.5 Å². The monoisotopic (exact) mass is 303 g/mol. The van der Waals surface area contributed by atoms with Gasteiger partial charge in [0.15, 0.2) is 0 Å². The van der Waals surface area contributed by atoms with Crippen LogP contribution in [0.5, 0.6) is 0 Å². The summed E-state index contributed by atoms with van der Waals surface area (Å²) in [6.07, 6.45) is 7.04. The molecule has 0 amide bonds. The van der Waals surface area contributed by atoms with Crippen molar-refractivity contribution in [2.75, 3.05) is 23.7 Å². The van der Waals surface area contributed by atoms with Crippen LogP contribution in [0.1, 0.15) is 12.0 Å². The van der Waals surface area contributed by atoms with Crippen LogP contribution in [0.3, 0.4) is 0 Å². The molecular formula is C13H17N7O2. The molecule has 2 aromatic rings. The van der Waals surface area contributed by atoms with Crippen molar-refractivity contribution < 1.29 is 4.92 Å². The molecule has 1 unspecified atom stereocenters. The van der Waals surface area contributed by atoms with Gasteiger partial charge >= 0.3 is 5.69 Å². The normalized spacial score (nSPS) is 17.9. The van der Waals surface area contributed by atoms with Gasteiger partial charge in [-0.15, -0.1) is 0 Å². The molecule has 0 aliphatic carbocycles. The van der Waals surface area contributed by atoms with Crippen LogP contribution in [0.25, 0.3) is 0 Å². The highest BCUT2D eigenvalue weighted by Crippen LogP contribution is 2.26. The minimum absolute atomic E-state index is 0.0919. The van der Waals surface area contributed by atoms with Crippen molar-refractivity contribution in [2.24, 2.45) is 13.0 Å². The summed E-state index contributed by atoms with van der Waals surface area (Å²) >= 11 is 0. The highest BCUT2D eigenvalue weighted by Gasteiger charge is 2.26. The van der Waals surface area contributed by atoms with Crippen molar-refractivity contribution >= 4 is 17.5 Å². The maximum absolute atomic E-state index is 10.7. The lowest BCUT2D eigenvalue weighted by Gasteiger charge is -2.16. The fraction of sp³-hybridized carbons (Fsp3) is 0.462. The zero-order valence-electron chi connectivity index (χ0n) is 12.2. The van der Waals surface area contributed by atoms with Gasteiger partial charge in [0.2, 0.25) is 11.8 Å². The highest BCUT2D eigenvalue weighted by atomic mass is 16.6. The number of nitrogens with zero attached hydrogens (tertiary/aromatic N) is 6. The van der Waals surface area contributed by atoms with Gasteiger partial charge in [-0.2, -0.15) is 10.1 Å². The number of hydrogen-bond donors (Lipinski definition) is 1. The van der Waals surface area contributed by atoms with Gasteiger partial charge in [0.25, 0.3) is 0 Å². The number of nitrogen functional groups attached to an aromatic ring is 1. The Hall–Kier alpha value is -2.71. The van der Waals surface area contributed by atoms with Crippen LogP contribution < -0.4 is 10.6 Å². The minimum Gasteiger partial charge on any atom is -0.378 e. The first-order chi connectivity index (χ1) is 10.5. The Bertz CT molecular complexity index is 699. The standard InChI is InChI=1S/C13H17N7O2/c1-18-7-10(5-16-18)4-9-2-3-19(8-9)13-15-6-11(20(21)22)12(14)17-13/h5-7,9H,2-4,8H2,1H3,(H2,14,15,17). The molecule has 0 radical (unpaired) electrons. The molecule has 1 aliphatic rings. The van der Waals surface area contributed by atoms with Crippen LogP contribution >= 0.6 is 0 Å². The summed E-state index contributed by atoms with van der Waals surface area (Å²) in [5.74, 6) is 0.853. The van der Waals surface area contributed by atoms with E-state index in [-0.39, 0.29) is 11.5 Å². The van der Waals surface area contributed by atoms with E-state index in [9.17, 15) is 10.1 Å². The van der Waals surface area contributed by atoms with Gasteiger partial charge in [-0.05, 0) is 24.3 Å². The second kappa shape index (κ2) is 5.58. The molecule has 0 saturated carbocycles. The van der Waals surface area contributed by atoms with Gasteiger partial charge in [-0.25, -0.2) is 4.98 Å². The molecule has 9 nitrogen and oxygen atoms in total. The summed E-state index contributed by atoms with van der Waals surface area (Å²) in [5.41, 5.74) is 6.57. The average Bonchev–Trinajstić information content (AvgIpc) is 3.08. The molecule has 1 saturated heterocycles. The maximum Gasteiger partial charge on any atom is 0.329 e. The second-order valence-corrected chi connectivity index (χ2v) is 5.52. The molecule has 0 aromatic carbocycles. The van der Waals surface area contributed by atoms with E-state index in [1.54, 1.807) is 4.68 Å². The Morgan fingerprint density at radius 1 is 1.50 bits per heavy atom. The molecule has 22 heavy (non-hydrogen) atoms. The Morgan fingerprint density at radius 3 is 2.95 bits per heavy atom. The van der Waals surface area contributed by atoms with Crippen LogP contribution in [-0.4, -0.2) is 37.8 Å². The quantitative estimate of drug-likeness (QED) is 0.655. The fourth-order valence-corrected chi connectivity index (χ4v) is 2.76. The molecule has 9 heteroatoms. The van der Waals surface area contributed by atoms with Gasteiger partial charge in [0, 0.05) is 26.3 Å². The molecule has 3 heterocycles. The molecule has 1 fully saturated rings. The summed E-state index contributed by atoms with van der Waals surface area (Å²) in [5, 5.41) is 14.9. The third-order valence-corrected chi connectivity index (χ3v) is 3.83. The van der Waals surface area contributed by atoms with Gasteiger partial charge in [-0.1, -0.05) is 0 Å². The van der Waals surface area contributed by atoms with Gasteiger partial charge in [0.1, 0.15) is 6.20 Å². The van der Waals surface area contributed by atoms with Crippen LogP contribution in [0.2, 0.25) is 0 Å². The molecule has 1 atom stereocenters. The molecule has 2 aromatic heterocycles. The molecule has 116 valence electrons. The highest BCUT2D eigenvalue weighted by molar-refractivity contribution is 5.54. The van der Waals surface area contributed by atoms with E-state index >= 15 is 0 Å². The van der Waals surface area contributed by atoms with E-state index < -0.39 is 4.92 Å². The van der Waals surface area contributed by atoms with E-state index in [4.69, 9.17) is 5.73 Å². The van der Waals surface area contributed by atoms with Crippen molar-refractivity contribution in [1.29, 1.82) is 0 Å². The largest absolute Gasteiger partial charge is 0.378 e. The van der Waals surface area contributed by atoms with E-state index in [0.29, 0.717) is 11.9 Å². The third kappa shape index (κ3) is 2.83. The predicted octanol–water partition coefficient (Wildman–Crippen LogP) is 0.769. The van der Waals surface area contributed by atoms with E-state index in [1.807, 2.05) is 24.3 Å². The van der Waals surface area contributed by atoms with Gasteiger partial charge < -0.3 is 10.6 Å². The summed E-state index contributed by atoms with van der Waals surface area (Å²) in [6.45, 7) is 1.63. The fourth-order valence-electron chi connectivity index (χ4n) is 2.76. The summed E-state index contributed by atoms with van der Waals surface area (Å²) in [7, 11) is 1.90. The summed E-state index contributed by atoms with van der Waals surface area (Å²) in [4.78, 5) is 20.3. The lowest BCUT2D eigenvalue weighted by atomic mass is 10.0. The van der Waals surface area contributed by atoms with Crippen molar-refractivity contribution in [3.05, 3.63) is 34.3 Å². The number of rotatable bonds is 4. The average molecular weight is 303 g/mol. The summed E-state index contributed by atoms with van der Waals surface area (Å²) in [6, 6.07) is 0. The number of aromatic nitrogens is 4. The number of hydrogen-bond acceptors (Lipinski definition) is 7. The number of aryl methyl sites for hydroxylation is 1. The van der Waals surface area contributed by atoms with E-state index in [2.05, 4.69) is 15.1 Å². The molecule has 2 N–H and O–H groups in total. The first kappa shape index (κ1) is 14.2. The van der Waals surface area contributed by atoms with Crippen molar-refractivity contribution in [3.8, 4) is 0 Å². The van der Waals surface area contributed by atoms with Crippen LogP contribution in [0.15, 0.2) is 18.6 Å². The number of anilines is 2. The Labute approximate surface area is 126 Å². The minimum atomic E-state index is -0.575. The van der Waals surface area contributed by atoms with Crippen molar-refractivity contribution in [2.45, 2.75) is 12.8 Å². The van der Waals surface area contributed by atoms with E-state index in [0.717, 1.165) is 25.9 Å². The molecule has 1 aliphatic heterocycles. The van der Waals surface area contributed by atoms with Gasteiger partial charge in [-0.3, -0.25) is 14.8 Å². The first-order valence-corrected chi connectivity index (χ1v) is 7.02. The van der Waals surface area contributed by atoms with Crippen molar-refractivity contribution in [1.82, 2.24) is 19.7 Å². The van der Waals surface area contributed by atoms with Crippen LogP contribution in [0, 0.1) is 16.0 Å². The van der Waals surface area contributed by atoms with Crippen molar-refractivity contribution in [3.63, 3.8) is 0 Å². The molecule has 3 rings (SSSR count). The van der Waals surface area contributed by atoms with E-state index in [1.165, 1.54) is 11.8 Å². The molecule has 0 bridgehead atoms. The lowest BCUT2D eigenvalue weighted by molar-refractivity contribution is -0.384. The number of nitro groups is 1. The third-order valence-electron chi connectivity index (χ3n) is 3.83.